The Morgan fingerprint density at radius 2 is 2.22 bits per heavy atom. The topological polar surface area (TPSA) is 114 Å². The van der Waals surface area contributed by atoms with E-state index in [9.17, 15) is 4.39 Å². The Kier molecular flexibility index (Phi) is 5.32. The lowest BCUT2D eigenvalue weighted by atomic mass is 10.2. The number of allylic oxidation sites excluding steroid dienone is 1. The number of aromatic nitrogens is 2. The number of rotatable bonds is 5. The molecule has 6 N–H and O–H groups in total. The first-order chi connectivity index (χ1) is 11.0. The second-order valence-corrected chi connectivity index (χ2v) is 4.75. The third-order valence-electron chi connectivity index (χ3n) is 2.69. The van der Waals surface area contributed by atoms with Gasteiger partial charge in [0.2, 0.25) is 0 Å². The predicted molar refractivity (Wildman–Crippen MR) is 91.4 cm³/mol. The molecule has 0 saturated carbocycles. The maximum atomic E-state index is 13.8. The van der Waals surface area contributed by atoms with Crippen molar-refractivity contribution >= 4 is 40.8 Å². The second kappa shape index (κ2) is 7.41. The summed E-state index contributed by atoms with van der Waals surface area (Å²) in [4.78, 5) is 12.1. The largest absolute Gasteiger partial charge is 0.403 e. The average Bonchev–Trinajstić information content (AvgIpc) is 2.53. The van der Waals surface area contributed by atoms with E-state index in [1.54, 1.807) is 7.05 Å². The lowest BCUT2D eigenvalue weighted by Gasteiger charge is -2.11. The van der Waals surface area contributed by atoms with Crippen LogP contribution in [0, 0.1) is 5.82 Å². The quantitative estimate of drug-likeness (QED) is 0.493. The van der Waals surface area contributed by atoms with Gasteiger partial charge < -0.3 is 22.1 Å². The molecular formula is C14H15ClFN7. The Balaban J connectivity index is 2.29. The van der Waals surface area contributed by atoms with Crippen molar-refractivity contribution in [2.24, 2.45) is 10.7 Å². The van der Waals surface area contributed by atoms with Crippen LogP contribution in [0.2, 0.25) is 5.15 Å². The Morgan fingerprint density at radius 3 is 2.91 bits per heavy atom. The summed E-state index contributed by atoms with van der Waals surface area (Å²) in [5.74, 6) is 0.0416. The Hall–Kier alpha value is -2.87. The Labute approximate surface area is 137 Å². The molecular weight excluding hydrogens is 321 g/mol. The van der Waals surface area contributed by atoms with Gasteiger partial charge in [-0.2, -0.15) is 0 Å². The molecule has 0 bridgehead atoms. The number of hydrogen-bond acceptors (Lipinski definition) is 7. The van der Waals surface area contributed by atoms with Crippen molar-refractivity contribution in [1.29, 1.82) is 0 Å². The van der Waals surface area contributed by atoms with Crippen LogP contribution < -0.4 is 22.1 Å². The summed E-state index contributed by atoms with van der Waals surface area (Å²) in [6.45, 7) is 0. The summed E-state index contributed by atoms with van der Waals surface area (Å²) in [6, 6.07) is 4.13. The van der Waals surface area contributed by atoms with Crippen LogP contribution in [0.3, 0.4) is 0 Å². The number of halogens is 2. The Bertz CT molecular complexity index is 761. The van der Waals surface area contributed by atoms with Gasteiger partial charge >= 0.3 is 0 Å². The van der Waals surface area contributed by atoms with E-state index in [0.29, 0.717) is 17.2 Å². The number of benzene rings is 1. The molecule has 1 heterocycles. The standard InChI is InChI=1S/C14H15ClFN7/c1-19-6-9(5-17)21-12-7-20-13(15)14(23-12)22-11-4-8(18)2-3-10(11)16/h2-7H,17-18H2,1H3,(H2,21,22,23)/b9-5+,19-6?. The number of nitrogens with one attached hydrogen (secondary N) is 2. The molecule has 0 radical (unpaired) electrons. The highest BCUT2D eigenvalue weighted by molar-refractivity contribution is 6.31. The van der Waals surface area contributed by atoms with Gasteiger partial charge in [-0.15, -0.1) is 0 Å². The molecule has 1 aromatic carbocycles. The van der Waals surface area contributed by atoms with Gasteiger partial charge in [0.15, 0.2) is 16.8 Å². The highest BCUT2D eigenvalue weighted by Gasteiger charge is 2.10. The minimum absolute atomic E-state index is 0.0832. The summed E-state index contributed by atoms with van der Waals surface area (Å²) in [5, 5.41) is 5.75. The van der Waals surface area contributed by atoms with Crippen LogP contribution in [-0.4, -0.2) is 23.2 Å². The summed E-state index contributed by atoms with van der Waals surface area (Å²) in [5.41, 5.74) is 12.2. The minimum atomic E-state index is -0.490. The maximum Gasteiger partial charge on any atom is 0.171 e. The van der Waals surface area contributed by atoms with Crippen LogP contribution in [0.5, 0.6) is 0 Å². The molecule has 0 saturated heterocycles. The van der Waals surface area contributed by atoms with Gasteiger partial charge in [0.05, 0.1) is 17.6 Å². The zero-order chi connectivity index (χ0) is 16.8. The van der Waals surface area contributed by atoms with E-state index in [0.717, 1.165) is 0 Å². The SMILES string of the molecule is CN=C/C(=C\N)Nc1cnc(Cl)c(Nc2cc(N)ccc2F)n1. The number of nitrogens with zero attached hydrogens (tertiary/aromatic N) is 3. The molecule has 1 aromatic heterocycles. The highest BCUT2D eigenvalue weighted by Crippen LogP contribution is 2.26. The van der Waals surface area contributed by atoms with Crippen LogP contribution in [0.25, 0.3) is 0 Å². The number of aliphatic imine (C=N–C) groups is 1. The van der Waals surface area contributed by atoms with E-state index in [1.807, 2.05) is 0 Å². The number of nitrogens with two attached hydrogens (primary N) is 2. The fraction of sp³-hybridized carbons (Fsp3) is 0.0714. The fourth-order valence-corrected chi connectivity index (χ4v) is 1.82. The fourth-order valence-electron chi connectivity index (χ4n) is 1.68. The first-order valence-electron chi connectivity index (χ1n) is 6.49. The number of anilines is 4. The third kappa shape index (κ3) is 4.30. The zero-order valence-corrected chi connectivity index (χ0v) is 13.0. The molecule has 0 unspecified atom stereocenters. The van der Waals surface area contributed by atoms with Gasteiger partial charge in [-0.3, -0.25) is 4.99 Å². The first-order valence-corrected chi connectivity index (χ1v) is 6.87. The molecule has 2 aromatic rings. The van der Waals surface area contributed by atoms with Gasteiger partial charge in [-0.1, -0.05) is 11.6 Å². The summed E-state index contributed by atoms with van der Waals surface area (Å²) < 4.78 is 13.8. The maximum absolute atomic E-state index is 13.8. The Morgan fingerprint density at radius 1 is 1.43 bits per heavy atom. The van der Waals surface area contributed by atoms with Crippen molar-refractivity contribution in [3.63, 3.8) is 0 Å². The molecule has 0 aliphatic heterocycles. The van der Waals surface area contributed by atoms with Crippen molar-refractivity contribution in [1.82, 2.24) is 9.97 Å². The molecule has 120 valence electrons. The zero-order valence-electron chi connectivity index (χ0n) is 12.2. The molecule has 2 rings (SSSR count). The van der Waals surface area contributed by atoms with Crippen LogP contribution in [0.1, 0.15) is 0 Å². The highest BCUT2D eigenvalue weighted by atomic mass is 35.5. The monoisotopic (exact) mass is 335 g/mol. The molecule has 0 spiro atoms. The number of hydrogen-bond donors (Lipinski definition) is 4. The van der Waals surface area contributed by atoms with Crippen molar-refractivity contribution < 1.29 is 4.39 Å². The second-order valence-electron chi connectivity index (χ2n) is 4.39. The van der Waals surface area contributed by atoms with Crippen LogP contribution >= 0.6 is 11.6 Å². The van der Waals surface area contributed by atoms with Gasteiger partial charge in [0.1, 0.15) is 5.82 Å². The van der Waals surface area contributed by atoms with Gasteiger partial charge in [0, 0.05) is 25.1 Å². The van der Waals surface area contributed by atoms with E-state index in [2.05, 4.69) is 25.6 Å². The van der Waals surface area contributed by atoms with Crippen molar-refractivity contribution in [2.45, 2.75) is 0 Å². The molecule has 9 heteroatoms. The van der Waals surface area contributed by atoms with Crippen molar-refractivity contribution in [2.75, 3.05) is 23.4 Å². The van der Waals surface area contributed by atoms with E-state index >= 15 is 0 Å². The van der Waals surface area contributed by atoms with Gasteiger partial charge in [-0.05, 0) is 18.2 Å². The molecule has 0 amide bonds. The minimum Gasteiger partial charge on any atom is -0.403 e. The predicted octanol–water partition coefficient (Wildman–Crippen LogP) is 2.51. The lowest BCUT2D eigenvalue weighted by molar-refractivity contribution is 0.632. The molecule has 23 heavy (non-hydrogen) atoms. The van der Waals surface area contributed by atoms with Gasteiger partial charge in [-0.25, -0.2) is 14.4 Å². The van der Waals surface area contributed by atoms with Gasteiger partial charge in [0.25, 0.3) is 0 Å². The smallest absolute Gasteiger partial charge is 0.171 e. The summed E-state index contributed by atoms with van der Waals surface area (Å²) in [7, 11) is 1.61. The van der Waals surface area contributed by atoms with Crippen molar-refractivity contribution in [3.05, 3.63) is 47.3 Å². The van der Waals surface area contributed by atoms with E-state index < -0.39 is 5.82 Å². The lowest BCUT2D eigenvalue weighted by Crippen LogP contribution is -2.07. The molecule has 0 atom stereocenters. The van der Waals surface area contributed by atoms with E-state index in [4.69, 9.17) is 23.1 Å². The van der Waals surface area contributed by atoms with Crippen LogP contribution in [0.4, 0.5) is 27.4 Å². The van der Waals surface area contributed by atoms with E-state index in [1.165, 1.54) is 36.8 Å². The van der Waals surface area contributed by atoms with Crippen molar-refractivity contribution in [3.8, 4) is 0 Å². The molecule has 0 aliphatic carbocycles. The van der Waals surface area contributed by atoms with E-state index in [-0.39, 0.29) is 16.7 Å². The molecule has 7 nitrogen and oxygen atoms in total. The van der Waals surface area contributed by atoms with Crippen LogP contribution in [0.15, 0.2) is 41.3 Å². The third-order valence-corrected chi connectivity index (χ3v) is 2.97. The average molecular weight is 336 g/mol. The number of nitrogen functional groups attached to an aromatic ring is 1. The molecule has 0 fully saturated rings. The van der Waals surface area contributed by atoms with Crippen LogP contribution in [-0.2, 0) is 0 Å². The molecule has 0 aliphatic rings. The first kappa shape index (κ1) is 16.5. The normalized spacial score (nSPS) is 11.7. The summed E-state index contributed by atoms with van der Waals surface area (Å²) >= 11 is 5.99. The summed E-state index contributed by atoms with van der Waals surface area (Å²) in [6.07, 6.45) is 4.26.